The van der Waals surface area contributed by atoms with Crippen LogP contribution in [0.5, 0.6) is 0 Å². The Bertz CT molecular complexity index is 219. The first-order valence-electron chi connectivity index (χ1n) is 6.31. The molecule has 1 atom stereocenters. The average Bonchev–Trinajstić information content (AvgIpc) is 2.35. The Morgan fingerprint density at radius 1 is 1.38 bits per heavy atom. The second kappa shape index (κ2) is 7.42. The molecule has 1 fully saturated rings. The average molecular weight is 225 g/mol. The van der Waals surface area contributed by atoms with E-state index in [1.807, 2.05) is 0 Å². The van der Waals surface area contributed by atoms with Gasteiger partial charge < -0.3 is 4.74 Å². The number of esters is 1. The van der Waals surface area contributed by atoms with Crippen LogP contribution in [0.25, 0.3) is 0 Å². The van der Waals surface area contributed by atoms with Gasteiger partial charge in [-0.15, -0.1) is 0 Å². The van der Waals surface area contributed by atoms with Gasteiger partial charge in [-0.1, -0.05) is 26.2 Å². The summed E-state index contributed by atoms with van der Waals surface area (Å²) < 4.78 is 5.00. The lowest BCUT2D eigenvalue weighted by Crippen LogP contribution is -2.21. The molecule has 3 nitrogen and oxygen atoms in total. The highest BCUT2D eigenvalue weighted by Crippen LogP contribution is 2.30. The Hall–Kier alpha value is -0.860. The lowest BCUT2D eigenvalue weighted by atomic mass is 9.79. The number of carbonyl (C=O) groups is 1. The van der Waals surface area contributed by atoms with Crippen molar-refractivity contribution in [3.8, 4) is 0 Å². The Labute approximate surface area is 97.5 Å². The van der Waals surface area contributed by atoms with Crippen molar-refractivity contribution in [2.75, 3.05) is 6.61 Å². The van der Waals surface area contributed by atoms with Crippen LogP contribution in [0.1, 0.15) is 51.9 Å². The molecule has 1 unspecified atom stereocenters. The van der Waals surface area contributed by atoms with Gasteiger partial charge in [0.1, 0.15) is 0 Å². The molecule has 1 radical (unpaired) electrons. The maximum Gasteiger partial charge on any atom is 0.305 e. The van der Waals surface area contributed by atoms with Crippen molar-refractivity contribution in [2.45, 2.75) is 51.9 Å². The van der Waals surface area contributed by atoms with Crippen molar-refractivity contribution < 1.29 is 14.3 Å². The number of ether oxygens (including phenoxy) is 1. The van der Waals surface area contributed by atoms with Crippen LogP contribution in [-0.2, 0) is 14.3 Å². The molecule has 0 aromatic rings. The molecule has 0 aromatic heterocycles. The lowest BCUT2D eigenvalue weighted by Gasteiger charge is -2.25. The molecule has 16 heavy (non-hydrogen) atoms. The zero-order valence-electron chi connectivity index (χ0n) is 10.0. The van der Waals surface area contributed by atoms with Crippen molar-refractivity contribution in [3.05, 3.63) is 0 Å². The Morgan fingerprint density at radius 3 is 2.62 bits per heavy atom. The fraction of sp³-hybridized carbons (Fsp3) is 0.846. The summed E-state index contributed by atoms with van der Waals surface area (Å²) in [5.41, 5.74) is 0. The molecule has 0 aromatic carbocycles. The van der Waals surface area contributed by atoms with Gasteiger partial charge in [0.05, 0.1) is 6.61 Å². The third kappa shape index (κ3) is 4.33. The topological polar surface area (TPSA) is 43.4 Å². The van der Waals surface area contributed by atoms with E-state index in [2.05, 4.69) is 6.29 Å². The van der Waals surface area contributed by atoms with Crippen molar-refractivity contribution in [2.24, 2.45) is 11.8 Å². The van der Waals surface area contributed by atoms with Gasteiger partial charge in [0.15, 0.2) is 0 Å². The Kier molecular flexibility index (Phi) is 6.12. The largest absolute Gasteiger partial charge is 0.466 e. The van der Waals surface area contributed by atoms with Gasteiger partial charge in [0.2, 0.25) is 6.29 Å². The fourth-order valence-corrected chi connectivity index (χ4v) is 2.33. The van der Waals surface area contributed by atoms with Crippen molar-refractivity contribution in [1.29, 1.82) is 0 Å². The van der Waals surface area contributed by atoms with E-state index in [0.717, 1.165) is 12.8 Å². The second-order valence-corrected chi connectivity index (χ2v) is 4.49. The van der Waals surface area contributed by atoms with E-state index in [1.54, 1.807) is 6.92 Å². The Balaban J connectivity index is 2.25. The fourth-order valence-electron chi connectivity index (χ4n) is 2.33. The molecule has 1 aliphatic carbocycles. The second-order valence-electron chi connectivity index (χ2n) is 4.49. The van der Waals surface area contributed by atoms with Crippen molar-refractivity contribution in [1.82, 2.24) is 0 Å². The summed E-state index contributed by atoms with van der Waals surface area (Å²) in [7, 11) is 0. The summed E-state index contributed by atoms with van der Waals surface area (Å²) in [5, 5.41) is 0. The predicted octanol–water partition coefficient (Wildman–Crippen LogP) is 2.64. The molecule has 91 valence electrons. The number of hydrogen-bond donors (Lipinski definition) is 0. The van der Waals surface area contributed by atoms with Gasteiger partial charge in [-0.2, -0.15) is 0 Å². The van der Waals surface area contributed by atoms with Crippen molar-refractivity contribution >= 4 is 12.3 Å². The smallest absolute Gasteiger partial charge is 0.305 e. The van der Waals surface area contributed by atoms with Crippen LogP contribution in [0.2, 0.25) is 0 Å². The van der Waals surface area contributed by atoms with Gasteiger partial charge >= 0.3 is 5.97 Å². The summed E-state index contributed by atoms with van der Waals surface area (Å²) in [6, 6.07) is 0. The minimum absolute atomic E-state index is 0.0371. The molecule has 1 rings (SSSR count). The molecule has 0 N–H and O–H groups in total. The molecule has 0 bridgehead atoms. The molecule has 1 aliphatic rings. The highest BCUT2D eigenvalue weighted by atomic mass is 16.5. The molecular weight excluding hydrogens is 204 g/mol. The maximum atomic E-state index is 10.9. The highest BCUT2D eigenvalue weighted by Gasteiger charge is 2.23. The predicted molar refractivity (Wildman–Crippen MR) is 61.6 cm³/mol. The lowest BCUT2D eigenvalue weighted by molar-refractivity contribution is -0.143. The zero-order chi connectivity index (χ0) is 11.8. The van der Waals surface area contributed by atoms with E-state index in [-0.39, 0.29) is 11.9 Å². The monoisotopic (exact) mass is 225 g/mol. The standard InChI is InChI=1S/C13H21O3/c1-2-13(15)16-9-8-12(10-14)11-6-4-3-5-7-11/h11-12H,2-9H2,1H3. The molecule has 0 heterocycles. The van der Waals surface area contributed by atoms with Crippen LogP contribution >= 0.6 is 0 Å². The van der Waals surface area contributed by atoms with Gasteiger partial charge in [-0.3, -0.25) is 9.59 Å². The highest BCUT2D eigenvalue weighted by molar-refractivity contribution is 5.68. The number of carbonyl (C=O) groups excluding carboxylic acids is 2. The van der Waals surface area contributed by atoms with E-state index in [9.17, 15) is 9.59 Å². The molecular formula is C13H21O3. The van der Waals surface area contributed by atoms with E-state index in [4.69, 9.17) is 4.74 Å². The first-order valence-corrected chi connectivity index (χ1v) is 6.31. The molecule has 1 saturated carbocycles. The molecule has 0 saturated heterocycles. The summed E-state index contributed by atoms with van der Waals surface area (Å²) in [6.45, 7) is 2.13. The van der Waals surface area contributed by atoms with Gasteiger partial charge in [0.25, 0.3) is 0 Å². The SMILES string of the molecule is CCC(=O)OCCC([C]=O)C1CCCCC1. The molecule has 0 aliphatic heterocycles. The quantitative estimate of drug-likeness (QED) is 0.653. The van der Waals surface area contributed by atoms with Gasteiger partial charge in [0, 0.05) is 12.3 Å². The van der Waals surface area contributed by atoms with Crippen LogP contribution in [-0.4, -0.2) is 18.9 Å². The molecule has 0 spiro atoms. The van der Waals surface area contributed by atoms with Crippen molar-refractivity contribution in [3.63, 3.8) is 0 Å². The van der Waals surface area contributed by atoms with E-state index in [0.29, 0.717) is 25.4 Å². The normalized spacial score (nSPS) is 19.1. The van der Waals surface area contributed by atoms with Crippen LogP contribution in [0.3, 0.4) is 0 Å². The number of rotatable bonds is 6. The van der Waals surface area contributed by atoms with E-state index in [1.165, 1.54) is 19.3 Å². The number of hydrogen-bond acceptors (Lipinski definition) is 3. The van der Waals surface area contributed by atoms with E-state index < -0.39 is 0 Å². The van der Waals surface area contributed by atoms with Gasteiger partial charge in [-0.25, -0.2) is 0 Å². The van der Waals surface area contributed by atoms with Gasteiger partial charge in [-0.05, 0) is 25.2 Å². The molecule has 3 heteroatoms. The Morgan fingerprint density at radius 2 is 2.06 bits per heavy atom. The zero-order valence-corrected chi connectivity index (χ0v) is 10.0. The third-order valence-electron chi connectivity index (χ3n) is 3.35. The van der Waals surface area contributed by atoms with Crippen LogP contribution in [0.15, 0.2) is 0 Å². The molecule has 0 amide bonds. The van der Waals surface area contributed by atoms with E-state index >= 15 is 0 Å². The third-order valence-corrected chi connectivity index (χ3v) is 3.35. The summed E-state index contributed by atoms with van der Waals surface area (Å²) >= 11 is 0. The summed E-state index contributed by atoms with van der Waals surface area (Å²) in [5.74, 6) is 0.241. The minimum Gasteiger partial charge on any atom is -0.466 e. The first-order chi connectivity index (χ1) is 7.77. The summed E-state index contributed by atoms with van der Waals surface area (Å²) in [4.78, 5) is 21.8. The van der Waals surface area contributed by atoms with Crippen LogP contribution in [0.4, 0.5) is 0 Å². The first kappa shape index (κ1) is 13.2. The maximum absolute atomic E-state index is 10.9. The van der Waals surface area contributed by atoms with Crippen LogP contribution < -0.4 is 0 Å². The van der Waals surface area contributed by atoms with Crippen LogP contribution in [0, 0.1) is 11.8 Å². The summed E-state index contributed by atoms with van der Waals surface area (Å²) in [6.07, 6.45) is 9.14. The minimum atomic E-state index is -0.187.